The van der Waals surface area contributed by atoms with Gasteiger partial charge in [-0.2, -0.15) is 4.31 Å². The first-order valence-corrected chi connectivity index (χ1v) is 9.20. The maximum atomic E-state index is 13.1. The third-order valence-electron chi connectivity index (χ3n) is 4.13. The van der Waals surface area contributed by atoms with E-state index in [1.165, 1.54) is 24.4 Å². The summed E-state index contributed by atoms with van der Waals surface area (Å²) in [5.74, 6) is -0.426. The van der Waals surface area contributed by atoms with E-state index < -0.39 is 22.0 Å². The molecule has 8 nitrogen and oxygen atoms in total. The lowest BCUT2D eigenvalue weighted by molar-refractivity contribution is 0.0598. The third kappa shape index (κ3) is 3.30. The summed E-state index contributed by atoms with van der Waals surface area (Å²) in [6.45, 7) is 2.81. The summed E-state index contributed by atoms with van der Waals surface area (Å²) in [5, 5.41) is 2.93. The van der Waals surface area contributed by atoms with Crippen molar-refractivity contribution >= 4 is 16.0 Å². The molecule has 134 valence electrons. The van der Waals surface area contributed by atoms with Crippen LogP contribution >= 0.6 is 0 Å². The molecule has 2 aromatic heterocycles. The monoisotopic (exact) mass is 365 g/mol. The molecule has 2 aromatic rings. The highest BCUT2D eigenvalue weighted by Crippen LogP contribution is 2.30. The Balaban J connectivity index is 1.99. The average molecular weight is 365 g/mol. The third-order valence-corrected chi connectivity index (χ3v) is 5.89. The minimum Gasteiger partial charge on any atom is -0.465 e. The number of aryl methyl sites for hydroxylation is 1. The van der Waals surface area contributed by atoms with E-state index in [0.717, 1.165) is 5.56 Å². The number of esters is 1. The number of sulfonamides is 1. The summed E-state index contributed by atoms with van der Waals surface area (Å²) >= 11 is 0. The van der Waals surface area contributed by atoms with Crippen molar-refractivity contribution in [2.24, 2.45) is 0 Å². The molecule has 1 aliphatic rings. The molecule has 1 saturated heterocycles. The van der Waals surface area contributed by atoms with E-state index in [-0.39, 0.29) is 23.0 Å². The van der Waals surface area contributed by atoms with Gasteiger partial charge in [0.2, 0.25) is 5.09 Å². The van der Waals surface area contributed by atoms with Crippen LogP contribution in [0.15, 0.2) is 40.1 Å². The van der Waals surface area contributed by atoms with Crippen molar-refractivity contribution < 1.29 is 22.4 Å². The Bertz CT molecular complexity index is 863. The predicted molar refractivity (Wildman–Crippen MR) is 88.5 cm³/mol. The fraction of sp³-hybridized carbons (Fsp3) is 0.375. The number of aromatic nitrogens is 1. The summed E-state index contributed by atoms with van der Waals surface area (Å²) in [5.41, 5.74) is 0.892. The molecule has 9 heteroatoms. The largest absolute Gasteiger partial charge is 0.465 e. The zero-order valence-electron chi connectivity index (χ0n) is 13.9. The second kappa shape index (κ2) is 6.95. The van der Waals surface area contributed by atoms with Gasteiger partial charge in [0, 0.05) is 38.1 Å². The second-order valence-corrected chi connectivity index (χ2v) is 7.47. The number of furan rings is 1. The van der Waals surface area contributed by atoms with Crippen LogP contribution in [0.4, 0.5) is 0 Å². The Morgan fingerprint density at radius 1 is 1.48 bits per heavy atom. The number of nitrogens with zero attached hydrogens (tertiary/aromatic N) is 2. The molecular formula is C16H19N3O5S. The maximum Gasteiger partial charge on any atom is 0.341 e. The zero-order chi connectivity index (χ0) is 18.0. The van der Waals surface area contributed by atoms with Crippen LogP contribution in [0, 0.1) is 6.92 Å². The van der Waals surface area contributed by atoms with Gasteiger partial charge < -0.3 is 14.5 Å². The minimum absolute atomic E-state index is 0.106. The SMILES string of the molecule is COC(=O)c1cc(S(=O)(=O)N2CCNCC2c2cccnc2)oc1C. The highest BCUT2D eigenvalue weighted by atomic mass is 32.2. The summed E-state index contributed by atoms with van der Waals surface area (Å²) < 4.78 is 37.6. The molecule has 1 N–H and O–H groups in total. The Hall–Kier alpha value is -2.23. The number of hydrogen-bond acceptors (Lipinski definition) is 7. The normalized spacial score (nSPS) is 18.9. The molecule has 3 heterocycles. The molecule has 0 aromatic carbocycles. The lowest BCUT2D eigenvalue weighted by Crippen LogP contribution is -2.48. The Kier molecular flexibility index (Phi) is 4.89. The van der Waals surface area contributed by atoms with Gasteiger partial charge in [-0.1, -0.05) is 6.07 Å². The standard InChI is InChI=1S/C16H19N3O5S/c1-11-13(16(20)23-2)8-15(24-11)25(21,22)19-7-6-18-10-14(19)12-4-3-5-17-9-12/h3-5,8-9,14,18H,6-7,10H2,1-2H3. The van der Waals surface area contributed by atoms with Crippen LogP contribution in [0.3, 0.4) is 0 Å². The van der Waals surface area contributed by atoms with Crippen molar-refractivity contribution in [3.63, 3.8) is 0 Å². The molecule has 0 spiro atoms. The maximum absolute atomic E-state index is 13.1. The van der Waals surface area contributed by atoms with E-state index in [1.54, 1.807) is 18.5 Å². The summed E-state index contributed by atoms with van der Waals surface area (Å²) in [7, 11) is -2.68. The number of ether oxygens (including phenoxy) is 1. The first-order chi connectivity index (χ1) is 11.9. The number of methoxy groups -OCH3 is 1. The van der Waals surface area contributed by atoms with Crippen molar-refractivity contribution in [1.29, 1.82) is 0 Å². The molecule has 1 atom stereocenters. The van der Waals surface area contributed by atoms with Gasteiger partial charge in [-0.25, -0.2) is 13.2 Å². The topological polar surface area (TPSA) is 102 Å². The number of carbonyl (C=O) groups is 1. The molecule has 3 rings (SSSR count). The van der Waals surface area contributed by atoms with E-state index in [0.29, 0.717) is 13.1 Å². The minimum atomic E-state index is -3.91. The van der Waals surface area contributed by atoms with Gasteiger partial charge in [-0.15, -0.1) is 0 Å². The lowest BCUT2D eigenvalue weighted by Gasteiger charge is -2.34. The summed E-state index contributed by atoms with van der Waals surface area (Å²) in [6, 6.07) is 4.42. The van der Waals surface area contributed by atoms with Gasteiger partial charge in [0.15, 0.2) is 0 Å². The lowest BCUT2D eigenvalue weighted by atomic mass is 10.1. The van der Waals surface area contributed by atoms with Crippen molar-refractivity contribution in [1.82, 2.24) is 14.6 Å². The number of piperazine rings is 1. The van der Waals surface area contributed by atoms with Crippen molar-refractivity contribution in [3.05, 3.63) is 47.5 Å². The van der Waals surface area contributed by atoms with Crippen molar-refractivity contribution in [3.8, 4) is 0 Å². The van der Waals surface area contributed by atoms with Gasteiger partial charge in [-0.3, -0.25) is 4.98 Å². The summed E-state index contributed by atoms with van der Waals surface area (Å²) in [6.07, 6.45) is 3.28. The first-order valence-electron chi connectivity index (χ1n) is 7.76. The fourth-order valence-electron chi connectivity index (χ4n) is 2.84. The number of carbonyl (C=O) groups excluding carboxylic acids is 1. The van der Waals surface area contributed by atoms with Gasteiger partial charge in [-0.05, 0) is 18.6 Å². The molecule has 0 saturated carbocycles. The van der Waals surface area contributed by atoms with E-state index >= 15 is 0 Å². The molecule has 1 unspecified atom stereocenters. The highest BCUT2D eigenvalue weighted by Gasteiger charge is 2.37. The number of nitrogens with one attached hydrogen (secondary N) is 1. The zero-order valence-corrected chi connectivity index (χ0v) is 14.7. The molecule has 0 bridgehead atoms. The van der Waals surface area contributed by atoms with E-state index in [1.807, 2.05) is 6.07 Å². The van der Waals surface area contributed by atoms with E-state index in [9.17, 15) is 13.2 Å². The average Bonchev–Trinajstić information content (AvgIpc) is 3.04. The van der Waals surface area contributed by atoms with Gasteiger partial charge in [0.1, 0.15) is 11.3 Å². The Labute approximate surface area is 145 Å². The Morgan fingerprint density at radius 2 is 2.28 bits per heavy atom. The van der Waals surface area contributed by atoms with Gasteiger partial charge in [0.05, 0.1) is 13.2 Å². The fourth-order valence-corrected chi connectivity index (χ4v) is 4.43. The number of pyridine rings is 1. The van der Waals surface area contributed by atoms with E-state index in [4.69, 9.17) is 4.42 Å². The van der Waals surface area contributed by atoms with Gasteiger partial charge >= 0.3 is 5.97 Å². The number of rotatable bonds is 4. The predicted octanol–water partition coefficient (Wildman–Crippen LogP) is 1.10. The molecule has 25 heavy (non-hydrogen) atoms. The van der Waals surface area contributed by atoms with Gasteiger partial charge in [0.25, 0.3) is 10.0 Å². The highest BCUT2D eigenvalue weighted by molar-refractivity contribution is 7.89. The van der Waals surface area contributed by atoms with Crippen LogP contribution < -0.4 is 5.32 Å². The van der Waals surface area contributed by atoms with Crippen LogP contribution in [0.25, 0.3) is 0 Å². The Morgan fingerprint density at radius 3 is 2.96 bits per heavy atom. The second-order valence-electron chi connectivity index (χ2n) is 5.65. The molecular weight excluding hydrogens is 346 g/mol. The van der Waals surface area contributed by atoms with Crippen LogP contribution in [-0.4, -0.2) is 50.4 Å². The molecule has 0 radical (unpaired) electrons. The molecule has 1 fully saturated rings. The smallest absolute Gasteiger partial charge is 0.341 e. The first kappa shape index (κ1) is 17.6. The number of hydrogen-bond donors (Lipinski definition) is 1. The van der Waals surface area contributed by atoms with Crippen LogP contribution in [0.1, 0.15) is 27.7 Å². The quantitative estimate of drug-likeness (QED) is 0.810. The van der Waals surface area contributed by atoms with Crippen molar-refractivity contribution in [2.75, 3.05) is 26.7 Å². The molecule has 0 aliphatic carbocycles. The van der Waals surface area contributed by atoms with Crippen LogP contribution in [0.2, 0.25) is 0 Å². The van der Waals surface area contributed by atoms with Crippen LogP contribution in [0.5, 0.6) is 0 Å². The molecule has 1 aliphatic heterocycles. The van der Waals surface area contributed by atoms with Crippen LogP contribution in [-0.2, 0) is 14.8 Å². The van der Waals surface area contributed by atoms with Crippen molar-refractivity contribution in [2.45, 2.75) is 18.1 Å². The van der Waals surface area contributed by atoms with E-state index in [2.05, 4.69) is 15.0 Å². The molecule has 0 amide bonds. The summed E-state index contributed by atoms with van der Waals surface area (Å²) in [4.78, 5) is 15.8.